The maximum atomic E-state index is 12.2. The van der Waals surface area contributed by atoms with Gasteiger partial charge in [0.1, 0.15) is 5.69 Å². The van der Waals surface area contributed by atoms with Crippen molar-refractivity contribution in [1.29, 1.82) is 0 Å². The normalized spacial score (nSPS) is 20.7. The van der Waals surface area contributed by atoms with Crippen molar-refractivity contribution >= 4 is 83.8 Å². The summed E-state index contributed by atoms with van der Waals surface area (Å²) in [5, 5.41) is 78.2. The zero-order valence-electron chi connectivity index (χ0n) is 96.8. The molecule has 10 heterocycles. The summed E-state index contributed by atoms with van der Waals surface area (Å²) < 4.78 is 33.1. The van der Waals surface area contributed by atoms with Gasteiger partial charge in [0.15, 0.2) is 43.9 Å². The number of aliphatic hydroxyl groups is 4. The minimum absolute atomic E-state index is 0. The number of nitrogens with one attached hydrogen (secondary N) is 2. The third kappa shape index (κ3) is 35.6. The van der Waals surface area contributed by atoms with E-state index in [1.54, 1.807) is 0 Å². The first-order valence-electron chi connectivity index (χ1n) is 53.8. The van der Waals surface area contributed by atoms with E-state index in [0.717, 1.165) is 233 Å². The van der Waals surface area contributed by atoms with Gasteiger partial charge in [-0.05, 0) is 272 Å². The van der Waals surface area contributed by atoms with Crippen molar-refractivity contribution in [3.8, 4) is 0 Å². The van der Waals surface area contributed by atoms with Crippen molar-refractivity contribution in [3.63, 3.8) is 0 Å². The number of alkyl halides is 1. The molecular weight excluding hydrogens is 2040 g/mol. The number of rotatable bonds is 10. The predicted octanol–water partition coefficient (Wildman–Crippen LogP) is 17.8. The van der Waals surface area contributed by atoms with Crippen LogP contribution >= 0.6 is 33.7 Å². The molecule has 146 heavy (non-hydrogen) atoms. The van der Waals surface area contributed by atoms with E-state index in [0.29, 0.717) is 63.8 Å². The van der Waals surface area contributed by atoms with Crippen LogP contribution in [0.25, 0.3) is 0 Å². The Morgan fingerprint density at radius 3 is 1.23 bits per heavy atom. The van der Waals surface area contributed by atoms with E-state index in [1.807, 2.05) is 131 Å². The third-order valence-electron chi connectivity index (χ3n) is 32.2. The van der Waals surface area contributed by atoms with Gasteiger partial charge in [-0.15, -0.1) is 0 Å². The Labute approximate surface area is 921 Å². The molecule has 0 amide bonds. The first-order chi connectivity index (χ1) is 67.8. The Morgan fingerprint density at radius 2 is 0.801 bits per heavy atom. The van der Waals surface area contributed by atoms with Crippen LogP contribution in [-0.2, 0) is 170 Å². The van der Waals surface area contributed by atoms with E-state index in [9.17, 15) is 30.0 Å². The molecule has 1 aliphatic heterocycles. The van der Waals surface area contributed by atoms with Crippen molar-refractivity contribution < 1.29 is 74.3 Å². The molecule has 11 aliphatic rings. The quantitative estimate of drug-likeness (QED) is 0.0320. The number of aryl methyl sites for hydroxylation is 15. The molecule has 20 rings (SSSR count). The summed E-state index contributed by atoms with van der Waals surface area (Å²) in [6.45, 7) is 58.0. The number of aliphatic imine (C=N–C) groups is 1. The maximum Gasteiger partial charge on any atom is 1.00 e. The van der Waals surface area contributed by atoms with Crippen LogP contribution < -0.4 is 29.6 Å². The van der Waals surface area contributed by atoms with Crippen molar-refractivity contribution in [1.82, 2.24) is 93.5 Å². The second-order valence-electron chi connectivity index (χ2n) is 48.2. The number of carbonyl (C=O) groups is 2. The topological polar surface area (TPSA) is 340 Å². The van der Waals surface area contributed by atoms with Crippen LogP contribution in [-0.4, -0.2) is 230 Å². The summed E-state index contributed by atoms with van der Waals surface area (Å²) in [6.07, 6.45) is 49.4. The molecule has 0 spiro atoms. The molecule has 8 atom stereocenters. The van der Waals surface area contributed by atoms with Gasteiger partial charge < -0.3 is 39.7 Å². The number of nitrogens with zero attached hydrogens (tertiary/aromatic N) is 18. The Morgan fingerprint density at radius 1 is 0.445 bits per heavy atom. The number of imidazole rings is 1. The maximum absolute atomic E-state index is 12.2. The molecule has 0 aromatic carbocycles. The van der Waals surface area contributed by atoms with Crippen molar-refractivity contribution in [2.24, 2.45) is 47.3 Å². The van der Waals surface area contributed by atoms with Gasteiger partial charge in [0.25, 0.3) is 0 Å². The molecule has 29 nitrogen and oxygen atoms in total. The number of Topliss-reactive ketones (excluding diaryl/α,β-unsaturated/α-hetero) is 2. The fourth-order valence-electron chi connectivity index (χ4n) is 19.3. The summed E-state index contributed by atoms with van der Waals surface area (Å²) in [5.74, 6) is 0.582. The molecule has 0 saturated carbocycles. The van der Waals surface area contributed by atoms with Gasteiger partial charge in [-0.25, -0.2) is 4.98 Å². The fourth-order valence-corrected chi connectivity index (χ4v) is 23.5. The number of halogens is 2. The number of aliphatic hydroxyl groups excluding tert-OH is 4. The van der Waals surface area contributed by atoms with E-state index in [1.165, 1.54) is 78.7 Å². The zero-order valence-corrected chi connectivity index (χ0v) is 105. The number of aromatic nitrogens is 18. The number of hydrogen-bond donors (Lipinski definition) is 6. The molecule has 8 unspecified atom stereocenters. The number of aromatic amines is 2. The number of fused-ring (bicyclic) bond motifs is 9. The second kappa shape index (κ2) is 55.3. The molecule has 9 aromatic rings. The number of allylic oxidation sites excluding steroid dienone is 2. The van der Waals surface area contributed by atoms with Gasteiger partial charge in [-0.1, -0.05) is 126 Å². The molecule has 0 fully saturated rings. The van der Waals surface area contributed by atoms with E-state index < -0.39 is 32.3 Å². The average molecular weight is 2230 g/mol. The molecule has 0 bridgehead atoms. The average Bonchev–Trinajstić information content (AvgIpc) is 1.11. The Hall–Kier alpha value is -5.79. The number of carbonyl (C=O) groups excluding carboxylic acids is 2. The summed E-state index contributed by atoms with van der Waals surface area (Å²) >= 11 is 8.30. The Kier molecular flexibility index (Phi) is 47.5. The van der Waals surface area contributed by atoms with Crippen molar-refractivity contribution in [3.05, 3.63) is 169 Å². The molecular formula is C110H187ClIN20NaO9Si4. The number of H-pyrrole nitrogens is 2. The van der Waals surface area contributed by atoms with Crippen molar-refractivity contribution in [2.75, 3.05) is 11.5 Å². The van der Waals surface area contributed by atoms with E-state index in [4.69, 9.17) is 24.4 Å². The van der Waals surface area contributed by atoms with Gasteiger partial charge in [0.2, 0.25) is 0 Å². The van der Waals surface area contributed by atoms with Crippen LogP contribution in [0.2, 0.25) is 72.5 Å². The minimum Gasteiger partial charge on any atom is -1.00 e. The van der Waals surface area contributed by atoms with Gasteiger partial charge in [0.05, 0.1) is 103 Å². The molecule has 9 aromatic heterocycles. The van der Waals surface area contributed by atoms with Crippen LogP contribution in [0.1, 0.15) is 321 Å². The van der Waals surface area contributed by atoms with Gasteiger partial charge in [-0.2, -0.15) is 51.9 Å². The molecule has 6 N–H and O–H groups in total. The first kappa shape index (κ1) is 125. The monoisotopic (exact) mass is 2230 g/mol. The zero-order chi connectivity index (χ0) is 107. The first-order valence-corrected chi connectivity index (χ1v) is 68.7. The Balaban J connectivity index is 0.000000221. The van der Waals surface area contributed by atoms with Crippen LogP contribution in [0, 0.1) is 0 Å². The molecule has 36 heteroatoms. The second-order valence-corrected chi connectivity index (χ2v) is 69.7. The Bertz CT molecular complexity index is 5550. The molecule has 0 radical (unpaired) electrons. The van der Waals surface area contributed by atoms with Gasteiger partial charge in [0, 0.05) is 195 Å². The number of hydrogen-bond acceptors (Lipinski definition) is 20. The van der Waals surface area contributed by atoms with E-state index in [-0.39, 0.29) is 66.2 Å². The van der Waals surface area contributed by atoms with Crippen LogP contribution in [0.5, 0.6) is 0 Å². The third-order valence-corrected chi connectivity index (χ3v) is 51.1. The van der Waals surface area contributed by atoms with Crippen LogP contribution in [0.15, 0.2) is 72.2 Å². The fraction of sp³-hybridized carbons (Fsp3) is 0.709. The van der Waals surface area contributed by atoms with E-state index in [2.05, 4.69) is 269 Å². The molecule has 812 valence electrons. The predicted molar refractivity (Wildman–Crippen MR) is 607 cm³/mol. The van der Waals surface area contributed by atoms with Crippen molar-refractivity contribution in [2.45, 2.75) is 450 Å². The van der Waals surface area contributed by atoms with E-state index >= 15 is 0 Å². The molecule has 10 aliphatic carbocycles. The molecule has 0 saturated heterocycles. The summed E-state index contributed by atoms with van der Waals surface area (Å²) in [7, 11) is 5.51. The number of ketones is 2. The minimum atomic E-state index is -1.64. The van der Waals surface area contributed by atoms with Crippen LogP contribution in [0.4, 0.5) is 0 Å². The van der Waals surface area contributed by atoms with Gasteiger partial charge >= 0.3 is 29.6 Å². The smallest absolute Gasteiger partial charge is 1.00 e. The SMILES string of the molecule is CC(C)(C)[Si](C)(C)Cl.CC(C)(C)[Si](C)(C)OC1CCc2cn[nH]c2C1.CCN(C(C)C)C(C)C.CI.Cn1cc2c(n1)CC(O)CC2.Cn1cc2c(n1)CC(O[Si](C)(C)C(C)(C)C)CC2.Cn1ncc2c1CC(O)CC2.Cn1ncc2c1CC(O)CC2.Cn1ncc2c1CC(O[Si](C)(C)C(C)(C)C)CC2.Cn1ncc2c1CC(n1cnc3c1C(=O)CCC3)CC2.O=C1CCCC2=C1CC=N2.OC1CCc2cn[nH]c2C1.[H-].[Na+]. The summed E-state index contributed by atoms with van der Waals surface area (Å²) in [6, 6.07) is 1.72. The summed E-state index contributed by atoms with van der Waals surface area (Å²) in [4.78, 5) is 36.4. The standard InChI is InChI=1S/C15H18N4O.2C14H26N2OSi.C13H24N2OSi.3C8H12N2O.C8H9NO.C8H19N.C7H10N2O.C6H15ClSi.CH3I.Na.H/c1-18-13-7-11(6-5-10(13)8-17-18)19-9-16-12-3-2-4-14(20)15(12)19;1-14(2,3)18(5,6)17-12-8-7-11-10-16(4)15-13(11)9-12;1-14(2,3)18(5,6)17-12-8-7-11-10-15-16(4)13(11)9-12;1-13(2,3)17(4,5)16-11-7-6-10-9-14-15-12(10)8-11;1-10-5-6-2-3-7(11)4-8(6)9-10;2*1-10-8-4-7(11)3-2-6(8)5-9-10;10-8-3-1-2-7-6(8)4-5-9-7;1-6-9(7(2)3)8(4)5;10-6-2-1-5-4-8-9-7(5)3-6;1-6(2,3)8(4,5)7;1-2;;/h8-9,11H,2-7H2,1H3;2*10,12H,7-9H2,1-6H3;9,11H,6-8H2,1-5H3,(H,14,15);3*5,7,11H,2-4H2,1H3;5H,1-4H2;7-8H,6H2,1-5H3;4,6,10H,1-3H2,(H,8,9);1-5H3;1H3;;/q;;;;;;;;;;;;+1;-1. The largest absolute Gasteiger partial charge is 1.00 e. The van der Waals surface area contributed by atoms with Gasteiger partial charge in [-0.3, -0.25) is 57.8 Å². The van der Waals surface area contributed by atoms with Crippen LogP contribution in [0.3, 0.4) is 0 Å². The summed E-state index contributed by atoms with van der Waals surface area (Å²) in [5.41, 5.74) is 24.4.